The van der Waals surface area contributed by atoms with Crippen LogP contribution in [-0.4, -0.2) is 75.4 Å². The third-order valence-corrected chi connectivity index (χ3v) is 9.55. The van der Waals surface area contributed by atoms with Gasteiger partial charge in [-0.15, -0.1) is 0 Å². The first-order valence-corrected chi connectivity index (χ1v) is 14.0. The van der Waals surface area contributed by atoms with Gasteiger partial charge in [-0.25, -0.2) is 17.6 Å². The second-order valence-corrected chi connectivity index (χ2v) is 12.1. The van der Waals surface area contributed by atoms with Gasteiger partial charge < -0.3 is 14.5 Å². The Morgan fingerprint density at radius 3 is 2.67 bits per heavy atom. The number of nitrogens with zero attached hydrogens (tertiary/aromatic N) is 3. The molecule has 3 aliphatic heterocycles. The number of amides is 1. The number of carbonyl (C=O) groups is 1. The molecule has 1 saturated carbocycles. The van der Waals surface area contributed by atoms with Crippen LogP contribution >= 0.6 is 0 Å². The van der Waals surface area contributed by atoms with Crippen LogP contribution in [0.2, 0.25) is 0 Å². The van der Waals surface area contributed by atoms with E-state index in [9.17, 15) is 17.6 Å². The van der Waals surface area contributed by atoms with Crippen LogP contribution in [0.25, 0.3) is 0 Å². The number of rotatable bonds is 3. The Kier molecular flexibility index (Phi) is 5.84. The third kappa shape index (κ3) is 4.01. The molecule has 3 unspecified atom stereocenters. The van der Waals surface area contributed by atoms with E-state index in [0.717, 1.165) is 63.7 Å². The lowest BCUT2D eigenvalue weighted by Crippen LogP contribution is -2.49. The average molecular weight is 480 g/mol. The van der Waals surface area contributed by atoms with Crippen molar-refractivity contribution in [3.8, 4) is 0 Å². The summed E-state index contributed by atoms with van der Waals surface area (Å²) in [6, 6.07) is 5.17. The van der Waals surface area contributed by atoms with Gasteiger partial charge in [-0.3, -0.25) is 4.31 Å². The van der Waals surface area contributed by atoms with Crippen molar-refractivity contribution < 1.29 is 22.3 Å². The molecule has 0 aromatic heterocycles. The maximum atomic E-state index is 14.2. The quantitative estimate of drug-likeness (QED) is 0.665. The summed E-state index contributed by atoms with van der Waals surface area (Å²) in [5.41, 5.74) is 1.13. The van der Waals surface area contributed by atoms with Crippen LogP contribution in [0.3, 0.4) is 0 Å². The second-order valence-electron chi connectivity index (χ2n) is 10.2. The minimum absolute atomic E-state index is 0.184. The molecule has 182 valence electrons. The molecule has 2 saturated heterocycles. The van der Waals surface area contributed by atoms with Crippen LogP contribution in [0.1, 0.15) is 51.0 Å². The van der Waals surface area contributed by atoms with Crippen molar-refractivity contribution in [1.82, 2.24) is 9.80 Å². The lowest BCUT2D eigenvalue weighted by Gasteiger charge is -2.42. The van der Waals surface area contributed by atoms with E-state index in [0.29, 0.717) is 30.8 Å². The van der Waals surface area contributed by atoms with E-state index < -0.39 is 10.0 Å². The van der Waals surface area contributed by atoms with Crippen LogP contribution in [0.4, 0.5) is 14.9 Å². The minimum atomic E-state index is -3.42. The Hall–Kier alpha value is -1.87. The fraction of sp³-hybridized carbons (Fsp3) is 0.708. The molecule has 3 heterocycles. The molecule has 1 amide bonds. The van der Waals surface area contributed by atoms with E-state index in [-0.39, 0.29) is 23.4 Å². The molecular weight excluding hydrogens is 445 g/mol. The fourth-order valence-corrected chi connectivity index (χ4v) is 7.82. The van der Waals surface area contributed by atoms with Gasteiger partial charge in [0.05, 0.1) is 18.6 Å². The summed E-state index contributed by atoms with van der Waals surface area (Å²) >= 11 is 0. The van der Waals surface area contributed by atoms with Gasteiger partial charge in [0, 0.05) is 30.6 Å². The van der Waals surface area contributed by atoms with Crippen molar-refractivity contribution in [3.05, 3.63) is 29.6 Å². The van der Waals surface area contributed by atoms with Gasteiger partial charge in [0.1, 0.15) is 5.82 Å². The molecule has 1 aliphatic carbocycles. The van der Waals surface area contributed by atoms with Crippen LogP contribution in [0.5, 0.6) is 0 Å². The molecule has 5 rings (SSSR count). The number of likely N-dealkylation sites (tertiary alicyclic amines) is 2. The number of sulfonamides is 1. The Morgan fingerprint density at radius 1 is 1.21 bits per heavy atom. The molecule has 0 N–H and O–H groups in total. The summed E-state index contributed by atoms with van der Waals surface area (Å²) in [5, 5.41) is 0. The van der Waals surface area contributed by atoms with Crippen molar-refractivity contribution in [2.45, 2.75) is 62.9 Å². The predicted octanol–water partition coefficient (Wildman–Crippen LogP) is 3.34. The van der Waals surface area contributed by atoms with Crippen LogP contribution in [0.15, 0.2) is 18.2 Å². The molecule has 1 spiro atoms. The van der Waals surface area contributed by atoms with Crippen LogP contribution < -0.4 is 4.31 Å². The number of fused-ring (bicyclic) bond motifs is 3. The number of piperidine rings is 2. The maximum absolute atomic E-state index is 14.2. The molecule has 9 heteroatoms. The van der Waals surface area contributed by atoms with Gasteiger partial charge >= 0.3 is 6.09 Å². The fourth-order valence-electron chi connectivity index (χ4n) is 6.82. The molecule has 3 atom stereocenters. The molecule has 0 bridgehead atoms. The first-order chi connectivity index (χ1) is 15.7. The lowest BCUT2D eigenvalue weighted by atomic mass is 9.74. The van der Waals surface area contributed by atoms with Crippen molar-refractivity contribution in [3.63, 3.8) is 0 Å². The molecule has 1 aromatic rings. The highest BCUT2D eigenvalue weighted by molar-refractivity contribution is 7.92. The second kappa shape index (κ2) is 8.41. The van der Waals surface area contributed by atoms with E-state index >= 15 is 0 Å². The first kappa shape index (κ1) is 22.9. The summed E-state index contributed by atoms with van der Waals surface area (Å²) < 4.78 is 45.8. The SMILES string of the molecule is CCOC(=O)N1CCCC2CC(N3CCC4(CC3)CN(S(C)(=O)=O)c3ccc(F)cc34)CC21. The Bertz CT molecular complexity index is 1020. The first-order valence-electron chi connectivity index (χ1n) is 12.2. The third-order valence-electron chi connectivity index (χ3n) is 8.43. The molecule has 3 fully saturated rings. The summed E-state index contributed by atoms with van der Waals surface area (Å²) in [6.07, 6.45) is 6.90. The highest BCUT2D eigenvalue weighted by atomic mass is 32.2. The van der Waals surface area contributed by atoms with Gasteiger partial charge in [-0.05, 0) is 88.2 Å². The monoisotopic (exact) mass is 479 g/mol. The zero-order chi connectivity index (χ0) is 23.4. The molecular formula is C24H34FN3O4S. The van der Waals surface area contributed by atoms with Crippen molar-refractivity contribution in [2.24, 2.45) is 5.92 Å². The number of carbonyl (C=O) groups excluding carboxylic acids is 1. The smallest absolute Gasteiger partial charge is 0.410 e. The largest absolute Gasteiger partial charge is 0.450 e. The topological polar surface area (TPSA) is 70.2 Å². The number of ether oxygens (including phenoxy) is 1. The number of anilines is 1. The van der Waals surface area contributed by atoms with Crippen LogP contribution in [-0.2, 0) is 20.2 Å². The minimum Gasteiger partial charge on any atom is -0.450 e. The Labute approximate surface area is 195 Å². The van der Waals surface area contributed by atoms with E-state index in [4.69, 9.17) is 4.74 Å². The Morgan fingerprint density at radius 2 is 1.97 bits per heavy atom. The van der Waals surface area contributed by atoms with Crippen molar-refractivity contribution in [2.75, 3.05) is 43.3 Å². The number of halogens is 1. The van der Waals surface area contributed by atoms with E-state index in [1.807, 2.05) is 11.8 Å². The molecule has 0 radical (unpaired) electrons. The Balaban J connectivity index is 1.30. The van der Waals surface area contributed by atoms with E-state index in [1.54, 1.807) is 6.07 Å². The standard InChI is InChI=1S/C24H34FN3O4S/c1-3-32-23(29)27-10-4-5-17-13-19(15-22(17)27)26-11-8-24(9-12-26)16-28(33(2,30)31)21-7-6-18(25)14-20(21)24/h6-7,14,17,19,22H,3-5,8-13,15-16H2,1-2H3. The zero-order valence-corrected chi connectivity index (χ0v) is 20.3. The maximum Gasteiger partial charge on any atom is 0.410 e. The summed E-state index contributed by atoms with van der Waals surface area (Å²) in [4.78, 5) is 16.9. The highest BCUT2D eigenvalue weighted by Crippen LogP contribution is 2.49. The zero-order valence-electron chi connectivity index (χ0n) is 19.5. The normalized spacial score (nSPS) is 29.2. The summed E-state index contributed by atoms with van der Waals surface area (Å²) in [7, 11) is -3.42. The summed E-state index contributed by atoms with van der Waals surface area (Å²) in [6.45, 7) is 5.13. The van der Waals surface area contributed by atoms with Gasteiger partial charge in [-0.1, -0.05) is 0 Å². The molecule has 33 heavy (non-hydrogen) atoms. The van der Waals surface area contributed by atoms with Gasteiger partial charge in [0.2, 0.25) is 10.0 Å². The summed E-state index contributed by atoms with van der Waals surface area (Å²) in [5.74, 6) is 0.205. The van der Waals surface area contributed by atoms with Crippen LogP contribution in [0, 0.1) is 11.7 Å². The highest BCUT2D eigenvalue weighted by Gasteiger charge is 2.50. The van der Waals surface area contributed by atoms with Gasteiger partial charge in [0.15, 0.2) is 0 Å². The predicted molar refractivity (Wildman–Crippen MR) is 124 cm³/mol. The number of hydrogen-bond donors (Lipinski definition) is 0. The van der Waals surface area contributed by atoms with Crippen molar-refractivity contribution in [1.29, 1.82) is 0 Å². The lowest BCUT2D eigenvalue weighted by molar-refractivity contribution is 0.0634. The molecule has 7 nitrogen and oxygen atoms in total. The average Bonchev–Trinajstić information content (AvgIpc) is 3.34. The van der Waals surface area contributed by atoms with E-state index in [1.165, 1.54) is 22.7 Å². The van der Waals surface area contributed by atoms with E-state index in [2.05, 4.69) is 4.90 Å². The number of hydrogen-bond acceptors (Lipinski definition) is 5. The molecule has 1 aromatic carbocycles. The van der Waals surface area contributed by atoms with Crippen molar-refractivity contribution >= 4 is 21.8 Å². The molecule has 4 aliphatic rings. The van der Waals surface area contributed by atoms with Gasteiger partial charge in [-0.2, -0.15) is 0 Å². The van der Waals surface area contributed by atoms with Gasteiger partial charge in [0.25, 0.3) is 0 Å². The number of benzene rings is 1.